The summed E-state index contributed by atoms with van der Waals surface area (Å²) in [5, 5.41) is 0. The summed E-state index contributed by atoms with van der Waals surface area (Å²) in [5.41, 5.74) is 0. The normalized spacial score (nSPS) is 16.0. The first-order valence-electron chi connectivity index (χ1n) is 4.21. The third-order valence-corrected chi connectivity index (χ3v) is 4.96. The van der Waals surface area contributed by atoms with E-state index in [0.29, 0.717) is 0 Å². The summed E-state index contributed by atoms with van der Waals surface area (Å²) >= 11 is 0. The highest BCUT2D eigenvalue weighted by atomic mass is 31.1. The van der Waals surface area contributed by atoms with Crippen molar-refractivity contribution in [2.45, 2.75) is 12.8 Å². The quantitative estimate of drug-likeness (QED) is 0.474. The molecule has 0 aromatic carbocycles. The van der Waals surface area contributed by atoms with Crippen molar-refractivity contribution in [1.29, 1.82) is 0 Å². The van der Waals surface area contributed by atoms with Crippen molar-refractivity contribution in [2.24, 2.45) is 0 Å². The molecule has 0 amide bonds. The predicted octanol–water partition coefficient (Wildman–Crippen LogP) is 3.11. The molecule has 2 unspecified atom stereocenters. The predicted molar refractivity (Wildman–Crippen MR) is 58.7 cm³/mol. The molecule has 2 nitrogen and oxygen atoms in total. The molecule has 0 saturated carbocycles. The number of unbranched alkanes of at least 4 members (excludes halogenated alkanes) is 1. The van der Waals surface area contributed by atoms with Crippen LogP contribution in [0.5, 0.6) is 0 Å². The van der Waals surface area contributed by atoms with Crippen LogP contribution >= 0.6 is 16.3 Å². The molecule has 0 radical (unpaired) electrons. The Bertz CT molecular complexity index is 89.1. The first-order valence-corrected chi connectivity index (χ1v) is 7.99. The zero-order valence-electron chi connectivity index (χ0n) is 8.54. The highest BCUT2D eigenvalue weighted by molar-refractivity contribution is 7.52. The van der Waals surface area contributed by atoms with Gasteiger partial charge in [-0.25, -0.2) is 0 Å². The molecule has 0 saturated heterocycles. The Hall–Kier alpha value is 0.780. The van der Waals surface area contributed by atoms with Gasteiger partial charge in [-0.1, -0.05) is 0 Å². The molecule has 0 aromatic rings. The molecule has 0 fully saturated rings. The van der Waals surface area contributed by atoms with Gasteiger partial charge in [-0.05, 0) is 38.5 Å². The van der Waals surface area contributed by atoms with Gasteiger partial charge < -0.3 is 9.05 Å². The zero-order chi connectivity index (χ0) is 9.40. The van der Waals surface area contributed by atoms with Crippen LogP contribution in [0.15, 0.2) is 0 Å². The van der Waals surface area contributed by atoms with Crippen LogP contribution in [0.3, 0.4) is 0 Å². The van der Waals surface area contributed by atoms with Crippen LogP contribution < -0.4 is 0 Å². The van der Waals surface area contributed by atoms with Gasteiger partial charge in [-0.3, -0.25) is 0 Å². The summed E-state index contributed by atoms with van der Waals surface area (Å²) in [7, 11) is 3.30. The summed E-state index contributed by atoms with van der Waals surface area (Å²) in [6, 6.07) is 0. The largest absolute Gasteiger partial charge is 0.363 e. The van der Waals surface area contributed by atoms with Crippen LogP contribution in [0.25, 0.3) is 0 Å². The molecule has 0 aliphatic carbocycles. The second kappa shape index (κ2) is 8.38. The minimum absolute atomic E-state index is 0.147. The van der Waals surface area contributed by atoms with Crippen molar-refractivity contribution in [2.75, 3.05) is 39.9 Å². The Labute approximate surface area is 78.7 Å². The highest BCUT2D eigenvalue weighted by Crippen LogP contribution is 2.35. The smallest absolute Gasteiger partial charge is 0.0398 e. The Balaban J connectivity index is 3.10. The van der Waals surface area contributed by atoms with Crippen molar-refractivity contribution >= 4 is 16.3 Å². The van der Waals surface area contributed by atoms with E-state index < -0.39 is 0 Å². The van der Waals surface area contributed by atoms with Gasteiger partial charge in [-0.2, -0.15) is 0 Å². The highest BCUT2D eigenvalue weighted by Gasteiger charge is 2.01. The summed E-state index contributed by atoms with van der Waals surface area (Å²) < 4.78 is 10.4. The van der Waals surface area contributed by atoms with Crippen molar-refractivity contribution < 1.29 is 9.05 Å². The molecule has 0 rings (SSSR count). The molecule has 0 aromatic heterocycles. The average molecular weight is 210 g/mol. The van der Waals surface area contributed by atoms with Crippen LogP contribution in [-0.2, 0) is 9.05 Å². The molecule has 0 heterocycles. The molecule has 0 N–H and O–H groups in total. The molecular formula is C8H20O2P2. The van der Waals surface area contributed by atoms with E-state index in [1.807, 2.05) is 0 Å². The molecule has 0 bridgehead atoms. The van der Waals surface area contributed by atoms with Crippen molar-refractivity contribution in [3.8, 4) is 0 Å². The maximum Gasteiger partial charge on any atom is 0.0398 e. The zero-order valence-corrected chi connectivity index (χ0v) is 10.3. The SMILES string of the molecule is COP(C)CCCCP(C)OC. The molecule has 0 spiro atoms. The molecule has 4 heteroatoms. The molecular weight excluding hydrogens is 190 g/mol. The second-order valence-electron chi connectivity index (χ2n) is 2.78. The van der Waals surface area contributed by atoms with Crippen LogP contribution in [-0.4, -0.2) is 39.9 Å². The molecule has 74 valence electrons. The van der Waals surface area contributed by atoms with Gasteiger partial charge >= 0.3 is 0 Å². The minimum atomic E-state index is -0.147. The maximum absolute atomic E-state index is 5.22. The van der Waals surface area contributed by atoms with E-state index in [4.69, 9.17) is 9.05 Å². The summed E-state index contributed by atoms with van der Waals surface area (Å²) in [6.07, 6.45) is 5.04. The summed E-state index contributed by atoms with van der Waals surface area (Å²) in [5.74, 6) is 0. The molecule has 12 heavy (non-hydrogen) atoms. The summed E-state index contributed by atoms with van der Waals surface area (Å²) in [4.78, 5) is 0. The Kier molecular flexibility index (Phi) is 8.93. The molecule has 2 atom stereocenters. The van der Waals surface area contributed by atoms with Gasteiger partial charge in [0.1, 0.15) is 0 Å². The van der Waals surface area contributed by atoms with E-state index in [2.05, 4.69) is 13.3 Å². The Morgan fingerprint density at radius 1 is 0.833 bits per heavy atom. The minimum Gasteiger partial charge on any atom is -0.363 e. The van der Waals surface area contributed by atoms with Gasteiger partial charge in [-0.15, -0.1) is 0 Å². The van der Waals surface area contributed by atoms with E-state index >= 15 is 0 Å². The van der Waals surface area contributed by atoms with Crippen LogP contribution in [0.1, 0.15) is 12.8 Å². The van der Waals surface area contributed by atoms with Crippen LogP contribution in [0.4, 0.5) is 0 Å². The Morgan fingerprint density at radius 3 is 1.42 bits per heavy atom. The molecule has 0 aliphatic rings. The van der Waals surface area contributed by atoms with Crippen molar-refractivity contribution in [1.82, 2.24) is 0 Å². The number of hydrogen-bond acceptors (Lipinski definition) is 2. The second-order valence-corrected chi connectivity index (χ2v) is 6.91. The van der Waals surface area contributed by atoms with Gasteiger partial charge in [0.15, 0.2) is 0 Å². The van der Waals surface area contributed by atoms with Crippen LogP contribution in [0, 0.1) is 0 Å². The fraction of sp³-hybridized carbons (Fsp3) is 1.00. The maximum atomic E-state index is 5.22. The fourth-order valence-electron chi connectivity index (χ4n) is 0.852. The topological polar surface area (TPSA) is 18.5 Å². The third-order valence-electron chi connectivity index (χ3n) is 1.82. The lowest BCUT2D eigenvalue weighted by atomic mass is 10.4. The van der Waals surface area contributed by atoms with Gasteiger partial charge in [0.25, 0.3) is 0 Å². The van der Waals surface area contributed by atoms with E-state index in [0.717, 1.165) is 0 Å². The standard InChI is InChI=1S/C8H20O2P2/c1-9-11(3)7-5-6-8-12(4)10-2/h5-8H2,1-4H3. The van der Waals surface area contributed by atoms with Crippen LogP contribution in [0.2, 0.25) is 0 Å². The lowest BCUT2D eigenvalue weighted by Crippen LogP contribution is -1.90. The van der Waals surface area contributed by atoms with E-state index in [-0.39, 0.29) is 16.3 Å². The average Bonchev–Trinajstić information content (AvgIpc) is 2.11. The Morgan fingerprint density at radius 2 is 1.17 bits per heavy atom. The lowest BCUT2D eigenvalue weighted by molar-refractivity contribution is 0.460. The van der Waals surface area contributed by atoms with Gasteiger partial charge in [0, 0.05) is 30.5 Å². The first kappa shape index (κ1) is 12.8. The molecule has 0 aliphatic heterocycles. The van der Waals surface area contributed by atoms with Crippen molar-refractivity contribution in [3.63, 3.8) is 0 Å². The monoisotopic (exact) mass is 210 g/mol. The summed E-state index contributed by atoms with van der Waals surface area (Å²) in [6.45, 7) is 4.36. The van der Waals surface area contributed by atoms with Crippen molar-refractivity contribution in [3.05, 3.63) is 0 Å². The lowest BCUT2D eigenvalue weighted by Gasteiger charge is -2.10. The van der Waals surface area contributed by atoms with E-state index in [1.165, 1.54) is 25.2 Å². The van der Waals surface area contributed by atoms with E-state index in [1.54, 1.807) is 14.2 Å². The van der Waals surface area contributed by atoms with E-state index in [9.17, 15) is 0 Å². The number of rotatable bonds is 7. The fourth-order valence-corrected chi connectivity index (χ4v) is 2.55. The number of hydrogen-bond donors (Lipinski definition) is 0. The van der Waals surface area contributed by atoms with Gasteiger partial charge in [0.05, 0.1) is 0 Å². The van der Waals surface area contributed by atoms with Gasteiger partial charge in [0.2, 0.25) is 0 Å². The third kappa shape index (κ3) is 7.43. The first-order chi connectivity index (χ1) is 5.70.